The number of carbonyl (C=O) groups is 1. The highest BCUT2D eigenvalue weighted by Gasteiger charge is 2.12. The summed E-state index contributed by atoms with van der Waals surface area (Å²) in [5, 5.41) is 20.0. The molecule has 6 heteroatoms. The molecule has 0 aromatic heterocycles. The molecule has 20 heavy (non-hydrogen) atoms. The molecule has 0 fully saturated rings. The molecule has 0 bridgehead atoms. The zero-order valence-electron chi connectivity index (χ0n) is 11.4. The van der Waals surface area contributed by atoms with Gasteiger partial charge in [0.15, 0.2) is 0 Å². The molecule has 0 heterocycles. The summed E-state index contributed by atoms with van der Waals surface area (Å²) in [6.45, 7) is 4.22. The number of carboxylic acid groups (broad SMARTS) is 1. The van der Waals surface area contributed by atoms with Crippen LogP contribution in [0.2, 0.25) is 0 Å². The summed E-state index contributed by atoms with van der Waals surface area (Å²) in [4.78, 5) is 10.5. The van der Waals surface area contributed by atoms with Gasteiger partial charge in [-0.2, -0.15) is 5.26 Å². The third-order valence-electron chi connectivity index (χ3n) is 2.71. The number of halogens is 1. The van der Waals surface area contributed by atoms with Gasteiger partial charge in [0.25, 0.3) is 0 Å². The van der Waals surface area contributed by atoms with Crippen LogP contribution in [0.5, 0.6) is 5.75 Å². The second-order valence-electron chi connectivity index (χ2n) is 4.75. The van der Waals surface area contributed by atoms with Gasteiger partial charge in [-0.3, -0.25) is 0 Å². The molecule has 108 valence electrons. The molecule has 0 radical (unpaired) electrons. The molecule has 0 aliphatic carbocycles. The summed E-state index contributed by atoms with van der Waals surface area (Å²) in [6.07, 6.45) is -0.352. The van der Waals surface area contributed by atoms with E-state index in [9.17, 15) is 4.79 Å². The second kappa shape index (κ2) is 7.75. The van der Waals surface area contributed by atoms with Crippen LogP contribution >= 0.6 is 15.9 Å². The van der Waals surface area contributed by atoms with Crippen molar-refractivity contribution in [3.05, 3.63) is 28.2 Å². The Morgan fingerprint density at radius 1 is 1.55 bits per heavy atom. The van der Waals surface area contributed by atoms with Crippen molar-refractivity contribution >= 4 is 22.0 Å². The van der Waals surface area contributed by atoms with E-state index in [-0.39, 0.29) is 12.0 Å². The van der Waals surface area contributed by atoms with Crippen molar-refractivity contribution in [2.45, 2.75) is 26.3 Å². The minimum absolute atomic E-state index is 0.133. The zero-order valence-corrected chi connectivity index (χ0v) is 13.0. The Bertz CT molecular complexity index is 514. The van der Waals surface area contributed by atoms with E-state index in [4.69, 9.17) is 15.1 Å². The van der Waals surface area contributed by atoms with Crippen LogP contribution in [0.3, 0.4) is 0 Å². The first kappa shape index (κ1) is 16.3. The normalized spacial score (nSPS) is 13.1. The highest BCUT2D eigenvalue weighted by atomic mass is 79.9. The zero-order chi connectivity index (χ0) is 15.1. The molecule has 0 aliphatic heterocycles. The quantitative estimate of drug-likeness (QED) is 0.831. The van der Waals surface area contributed by atoms with Crippen LogP contribution in [0.25, 0.3) is 0 Å². The number of benzene rings is 1. The minimum Gasteiger partial charge on any atom is -0.492 e. The highest BCUT2D eigenvalue weighted by molar-refractivity contribution is 9.10. The predicted octanol–water partition coefficient (Wildman–Crippen LogP) is 3.38. The number of hydrogen-bond donors (Lipinski definition) is 2. The lowest BCUT2D eigenvalue weighted by molar-refractivity contribution is 0.185. The van der Waals surface area contributed by atoms with Crippen LogP contribution < -0.4 is 10.1 Å². The van der Waals surface area contributed by atoms with Crippen molar-refractivity contribution in [3.63, 3.8) is 0 Å². The molecule has 1 aromatic carbocycles. The molecule has 1 rings (SSSR count). The SMILES string of the molecule is CC(COc1ccc(Br)cc1C#N)CC(C)NC(=O)O. The molecule has 0 saturated heterocycles. The first-order valence-corrected chi connectivity index (χ1v) is 7.03. The lowest BCUT2D eigenvalue weighted by Crippen LogP contribution is -2.33. The molecule has 5 nitrogen and oxygen atoms in total. The summed E-state index contributed by atoms with van der Waals surface area (Å²) >= 11 is 3.30. The Morgan fingerprint density at radius 2 is 2.25 bits per heavy atom. The summed E-state index contributed by atoms with van der Waals surface area (Å²) in [5.41, 5.74) is 0.475. The van der Waals surface area contributed by atoms with Crippen LogP contribution in [-0.2, 0) is 0 Å². The largest absolute Gasteiger partial charge is 0.492 e. The first-order valence-electron chi connectivity index (χ1n) is 6.24. The van der Waals surface area contributed by atoms with Crippen molar-refractivity contribution in [3.8, 4) is 11.8 Å². The van der Waals surface area contributed by atoms with E-state index in [0.717, 1.165) is 4.47 Å². The number of rotatable bonds is 6. The number of nitrogens with one attached hydrogen (secondary N) is 1. The first-order chi connectivity index (χ1) is 9.42. The molecule has 2 atom stereocenters. The molecular weight excluding hydrogens is 324 g/mol. The molecule has 0 saturated carbocycles. The van der Waals surface area contributed by atoms with Gasteiger partial charge in [0, 0.05) is 10.5 Å². The topological polar surface area (TPSA) is 82.3 Å². The fourth-order valence-electron chi connectivity index (χ4n) is 1.89. The van der Waals surface area contributed by atoms with E-state index in [0.29, 0.717) is 24.3 Å². The van der Waals surface area contributed by atoms with Gasteiger partial charge in [0.2, 0.25) is 0 Å². The van der Waals surface area contributed by atoms with E-state index in [1.807, 2.05) is 19.9 Å². The number of amides is 1. The van der Waals surface area contributed by atoms with Gasteiger partial charge < -0.3 is 15.2 Å². The summed E-state index contributed by atoms with van der Waals surface area (Å²) < 4.78 is 6.46. The van der Waals surface area contributed by atoms with Crippen molar-refractivity contribution < 1.29 is 14.6 Å². The van der Waals surface area contributed by atoms with Crippen molar-refractivity contribution in [1.29, 1.82) is 5.26 Å². The van der Waals surface area contributed by atoms with Gasteiger partial charge in [-0.15, -0.1) is 0 Å². The van der Waals surface area contributed by atoms with E-state index in [2.05, 4.69) is 27.3 Å². The van der Waals surface area contributed by atoms with E-state index in [1.165, 1.54) is 0 Å². The van der Waals surface area contributed by atoms with Gasteiger partial charge >= 0.3 is 6.09 Å². The molecule has 0 aliphatic rings. The molecule has 1 aromatic rings. The average molecular weight is 341 g/mol. The van der Waals surface area contributed by atoms with Crippen LogP contribution in [0, 0.1) is 17.2 Å². The lowest BCUT2D eigenvalue weighted by atomic mass is 10.0. The number of ether oxygens (including phenoxy) is 1. The predicted molar refractivity (Wildman–Crippen MR) is 78.8 cm³/mol. The van der Waals surface area contributed by atoms with E-state index >= 15 is 0 Å². The second-order valence-corrected chi connectivity index (χ2v) is 5.67. The third-order valence-corrected chi connectivity index (χ3v) is 3.20. The van der Waals surface area contributed by atoms with Gasteiger partial charge in [-0.1, -0.05) is 22.9 Å². The van der Waals surface area contributed by atoms with Crippen LogP contribution in [0.4, 0.5) is 4.79 Å². The van der Waals surface area contributed by atoms with Gasteiger partial charge in [0.05, 0.1) is 12.2 Å². The van der Waals surface area contributed by atoms with Crippen LogP contribution in [0.15, 0.2) is 22.7 Å². The monoisotopic (exact) mass is 340 g/mol. The molecular formula is C14H17BrN2O3. The highest BCUT2D eigenvalue weighted by Crippen LogP contribution is 2.23. The molecule has 0 spiro atoms. The molecule has 2 unspecified atom stereocenters. The number of hydrogen-bond acceptors (Lipinski definition) is 3. The van der Waals surface area contributed by atoms with Crippen molar-refractivity contribution in [2.75, 3.05) is 6.61 Å². The number of nitriles is 1. The van der Waals surface area contributed by atoms with Gasteiger partial charge in [-0.25, -0.2) is 4.79 Å². The Hall–Kier alpha value is -1.74. The Labute approximate surface area is 126 Å². The van der Waals surface area contributed by atoms with Crippen LogP contribution in [0.1, 0.15) is 25.8 Å². The summed E-state index contributed by atoms with van der Waals surface area (Å²) in [5.74, 6) is 0.716. The van der Waals surface area contributed by atoms with Crippen molar-refractivity contribution in [2.24, 2.45) is 5.92 Å². The Kier molecular flexibility index (Phi) is 6.32. The smallest absolute Gasteiger partial charge is 0.404 e. The number of nitrogens with zero attached hydrogens (tertiary/aromatic N) is 1. The van der Waals surface area contributed by atoms with Crippen molar-refractivity contribution in [1.82, 2.24) is 5.32 Å². The minimum atomic E-state index is -1.02. The van der Waals surface area contributed by atoms with Gasteiger partial charge in [0.1, 0.15) is 11.8 Å². The summed E-state index contributed by atoms with van der Waals surface area (Å²) in [6, 6.07) is 7.21. The lowest BCUT2D eigenvalue weighted by Gasteiger charge is -2.18. The van der Waals surface area contributed by atoms with E-state index in [1.54, 1.807) is 12.1 Å². The average Bonchev–Trinajstić information content (AvgIpc) is 2.35. The summed E-state index contributed by atoms with van der Waals surface area (Å²) in [7, 11) is 0. The van der Waals surface area contributed by atoms with Gasteiger partial charge in [-0.05, 0) is 37.5 Å². The maximum atomic E-state index is 10.5. The maximum Gasteiger partial charge on any atom is 0.404 e. The van der Waals surface area contributed by atoms with Crippen LogP contribution in [-0.4, -0.2) is 23.8 Å². The maximum absolute atomic E-state index is 10.5. The van der Waals surface area contributed by atoms with E-state index < -0.39 is 6.09 Å². The molecule has 2 N–H and O–H groups in total. The third kappa shape index (κ3) is 5.49. The molecule has 1 amide bonds. The fourth-order valence-corrected chi connectivity index (χ4v) is 2.25. The Balaban J connectivity index is 2.51. The standard InChI is InChI=1S/C14H17BrN2O3/c1-9(5-10(2)17-14(18)19)8-20-13-4-3-12(15)6-11(13)7-16/h3-4,6,9-10,17H,5,8H2,1-2H3,(H,18,19). The fraction of sp³-hybridized carbons (Fsp3) is 0.429. The Morgan fingerprint density at radius 3 is 2.85 bits per heavy atom.